The fourth-order valence-corrected chi connectivity index (χ4v) is 2.48. The second kappa shape index (κ2) is 7.27. The normalized spacial score (nSPS) is 48.3. The van der Waals surface area contributed by atoms with Crippen LogP contribution in [-0.4, -0.2) is 93.1 Å². The highest BCUT2D eigenvalue weighted by Crippen LogP contribution is 2.27. The Labute approximate surface area is 121 Å². The Morgan fingerprint density at radius 1 is 0.762 bits per heavy atom. The minimum atomic E-state index is -1.21. The van der Waals surface area contributed by atoms with Crippen molar-refractivity contribution in [3.8, 4) is 0 Å². The SMILES string of the molecule is OCC1O[C@H](O[C@@H]2C[C@@H](O)[C@H](O)C(CO)O2)CC(O)[C@@H]1O. The molecule has 2 saturated heterocycles. The molecule has 9 heteroatoms. The first kappa shape index (κ1) is 17.0. The summed E-state index contributed by atoms with van der Waals surface area (Å²) >= 11 is 0. The second-order valence-corrected chi connectivity index (χ2v) is 5.30. The highest BCUT2D eigenvalue weighted by Gasteiger charge is 2.41. The van der Waals surface area contributed by atoms with Crippen molar-refractivity contribution in [2.45, 2.75) is 62.0 Å². The van der Waals surface area contributed by atoms with Crippen LogP contribution in [0.1, 0.15) is 12.8 Å². The summed E-state index contributed by atoms with van der Waals surface area (Å²) in [5.41, 5.74) is 0. The summed E-state index contributed by atoms with van der Waals surface area (Å²) in [6, 6.07) is 0. The van der Waals surface area contributed by atoms with Gasteiger partial charge in [-0.2, -0.15) is 0 Å². The van der Waals surface area contributed by atoms with Crippen molar-refractivity contribution in [2.75, 3.05) is 13.2 Å². The molecule has 0 aromatic carbocycles. The zero-order valence-electron chi connectivity index (χ0n) is 11.4. The Morgan fingerprint density at radius 2 is 1.14 bits per heavy atom. The van der Waals surface area contributed by atoms with E-state index in [1.54, 1.807) is 0 Å². The van der Waals surface area contributed by atoms with Crippen molar-refractivity contribution >= 4 is 0 Å². The minimum Gasteiger partial charge on any atom is -0.394 e. The zero-order valence-corrected chi connectivity index (χ0v) is 11.4. The third-order valence-electron chi connectivity index (χ3n) is 3.73. The lowest BCUT2D eigenvalue weighted by atomic mass is 10.0. The highest BCUT2D eigenvalue weighted by molar-refractivity contribution is 4.85. The maximum Gasteiger partial charge on any atom is 0.163 e. The van der Waals surface area contributed by atoms with E-state index >= 15 is 0 Å². The van der Waals surface area contributed by atoms with Gasteiger partial charge in [-0.25, -0.2) is 0 Å². The quantitative estimate of drug-likeness (QED) is 0.313. The lowest BCUT2D eigenvalue weighted by Gasteiger charge is -2.40. The molecular weight excluding hydrogens is 288 g/mol. The van der Waals surface area contributed by atoms with Gasteiger partial charge in [0.2, 0.25) is 0 Å². The molecule has 9 nitrogen and oxygen atoms in total. The van der Waals surface area contributed by atoms with Crippen molar-refractivity contribution in [2.24, 2.45) is 0 Å². The number of ether oxygens (including phenoxy) is 3. The predicted octanol–water partition coefficient (Wildman–Crippen LogP) is -3.34. The van der Waals surface area contributed by atoms with Gasteiger partial charge < -0.3 is 44.8 Å². The minimum absolute atomic E-state index is 0.0278. The molecule has 2 aliphatic rings. The summed E-state index contributed by atoms with van der Waals surface area (Å²) in [7, 11) is 0. The van der Waals surface area contributed by atoms with Crippen molar-refractivity contribution < 1.29 is 44.8 Å². The zero-order chi connectivity index (χ0) is 15.6. The van der Waals surface area contributed by atoms with Gasteiger partial charge in [-0.1, -0.05) is 0 Å². The average Bonchev–Trinajstić information content (AvgIpc) is 2.46. The van der Waals surface area contributed by atoms with E-state index in [4.69, 9.17) is 24.4 Å². The Balaban J connectivity index is 1.92. The van der Waals surface area contributed by atoms with Crippen molar-refractivity contribution in [3.63, 3.8) is 0 Å². The number of hydrogen-bond donors (Lipinski definition) is 6. The van der Waals surface area contributed by atoms with Gasteiger partial charge in [-0.05, 0) is 0 Å². The molecule has 0 aromatic rings. The smallest absolute Gasteiger partial charge is 0.163 e. The first-order valence-corrected chi connectivity index (χ1v) is 6.86. The van der Waals surface area contributed by atoms with Crippen LogP contribution in [-0.2, 0) is 14.2 Å². The number of hydrogen-bond acceptors (Lipinski definition) is 9. The van der Waals surface area contributed by atoms with E-state index in [-0.39, 0.29) is 12.8 Å². The van der Waals surface area contributed by atoms with Gasteiger partial charge >= 0.3 is 0 Å². The topological polar surface area (TPSA) is 149 Å². The molecule has 2 heterocycles. The first-order chi connectivity index (χ1) is 9.96. The van der Waals surface area contributed by atoms with Crippen molar-refractivity contribution in [1.82, 2.24) is 0 Å². The Bertz CT molecular complexity index is 298. The highest BCUT2D eigenvalue weighted by atomic mass is 16.8. The fraction of sp³-hybridized carbons (Fsp3) is 1.00. The van der Waals surface area contributed by atoms with Crippen LogP contribution >= 0.6 is 0 Å². The third-order valence-corrected chi connectivity index (χ3v) is 3.73. The number of aliphatic hydroxyl groups excluding tert-OH is 6. The van der Waals surface area contributed by atoms with Crippen LogP contribution in [0.3, 0.4) is 0 Å². The molecule has 3 unspecified atom stereocenters. The van der Waals surface area contributed by atoms with Crippen LogP contribution < -0.4 is 0 Å². The van der Waals surface area contributed by atoms with E-state index in [0.29, 0.717) is 0 Å². The lowest BCUT2D eigenvalue weighted by Crippen LogP contribution is -2.54. The molecule has 6 N–H and O–H groups in total. The summed E-state index contributed by atoms with van der Waals surface area (Å²) in [6.07, 6.45) is -8.54. The largest absolute Gasteiger partial charge is 0.394 e. The molecule has 21 heavy (non-hydrogen) atoms. The molecule has 2 aliphatic heterocycles. The number of rotatable bonds is 4. The van der Waals surface area contributed by atoms with E-state index in [2.05, 4.69) is 0 Å². The third kappa shape index (κ3) is 3.89. The molecule has 124 valence electrons. The van der Waals surface area contributed by atoms with Crippen LogP contribution in [0.15, 0.2) is 0 Å². The van der Waals surface area contributed by atoms with E-state index in [0.717, 1.165) is 0 Å². The van der Waals surface area contributed by atoms with E-state index in [1.165, 1.54) is 0 Å². The maximum atomic E-state index is 9.68. The van der Waals surface area contributed by atoms with Crippen molar-refractivity contribution in [3.05, 3.63) is 0 Å². The van der Waals surface area contributed by atoms with Gasteiger partial charge in [0.1, 0.15) is 24.4 Å². The molecule has 0 bridgehead atoms. The fourth-order valence-electron chi connectivity index (χ4n) is 2.48. The summed E-state index contributed by atoms with van der Waals surface area (Å²) in [5, 5.41) is 56.7. The van der Waals surface area contributed by atoms with Gasteiger partial charge in [0, 0.05) is 12.8 Å². The van der Waals surface area contributed by atoms with Crippen LogP contribution in [0.25, 0.3) is 0 Å². The van der Waals surface area contributed by atoms with Gasteiger partial charge in [0.25, 0.3) is 0 Å². The summed E-state index contributed by atoms with van der Waals surface area (Å²) in [6.45, 7) is -0.964. The summed E-state index contributed by atoms with van der Waals surface area (Å²) < 4.78 is 16.0. The molecule has 8 atom stereocenters. The molecule has 2 fully saturated rings. The molecule has 0 spiro atoms. The van der Waals surface area contributed by atoms with Crippen LogP contribution in [0.4, 0.5) is 0 Å². The average molecular weight is 310 g/mol. The predicted molar refractivity (Wildman–Crippen MR) is 65.8 cm³/mol. The Morgan fingerprint density at radius 3 is 1.48 bits per heavy atom. The molecule has 0 aliphatic carbocycles. The van der Waals surface area contributed by atoms with E-state index < -0.39 is 62.4 Å². The van der Waals surface area contributed by atoms with Gasteiger partial charge in [-0.3, -0.25) is 0 Å². The molecule has 0 aromatic heterocycles. The van der Waals surface area contributed by atoms with Gasteiger partial charge in [0.05, 0.1) is 25.4 Å². The Hall–Kier alpha value is -0.360. The van der Waals surface area contributed by atoms with Gasteiger partial charge in [0.15, 0.2) is 12.6 Å². The maximum absolute atomic E-state index is 9.68. The van der Waals surface area contributed by atoms with Crippen molar-refractivity contribution in [1.29, 1.82) is 0 Å². The lowest BCUT2D eigenvalue weighted by molar-refractivity contribution is -0.333. The second-order valence-electron chi connectivity index (χ2n) is 5.30. The molecule has 2 rings (SSSR count). The monoisotopic (exact) mass is 310 g/mol. The molecule has 0 radical (unpaired) electrons. The van der Waals surface area contributed by atoms with Gasteiger partial charge in [-0.15, -0.1) is 0 Å². The number of aliphatic hydroxyl groups is 6. The van der Waals surface area contributed by atoms with E-state index in [1.807, 2.05) is 0 Å². The molecular formula is C12H22O9. The Kier molecular flexibility index (Phi) is 5.88. The molecule has 0 saturated carbocycles. The van der Waals surface area contributed by atoms with E-state index in [9.17, 15) is 20.4 Å². The van der Waals surface area contributed by atoms with Crippen LogP contribution in [0, 0.1) is 0 Å². The summed E-state index contributed by atoms with van der Waals surface area (Å²) in [5.74, 6) is 0. The first-order valence-electron chi connectivity index (χ1n) is 6.86. The standard InChI is InChI=1S/C12H22O9/c13-3-7-11(17)5(15)1-9(19-7)21-10-2-6(16)12(18)8(4-14)20-10/h5-18H,1-4H2/t5-,6?,7?,8?,9-,10-,11+,12+/m1/s1. The van der Waals surface area contributed by atoms with Crippen LogP contribution in [0.2, 0.25) is 0 Å². The summed E-state index contributed by atoms with van der Waals surface area (Å²) in [4.78, 5) is 0. The molecule has 0 amide bonds. The van der Waals surface area contributed by atoms with Crippen LogP contribution in [0.5, 0.6) is 0 Å².